The number of benzene rings is 3. The van der Waals surface area contributed by atoms with Crippen molar-refractivity contribution in [2.75, 3.05) is 12.8 Å². The van der Waals surface area contributed by atoms with Crippen LogP contribution in [0.4, 0.5) is 5.82 Å². The number of anilines is 1. The molecule has 226 valence electrons. The predicted octanol–water partition coefficient (Wildman–Crippen LogP) is 6.16. The zero-order valence-corrected chi connectivity index (χ0v) is 25.3. The van der Waals surface area contributed by atoms with E-state index in [4.69, 9.17) is 20.4 Å². The van der Waals surface area contributed by atoms with Gasteiger partial charge in [-0.15, -0.1) is 0 Å². The molecular formula is C36H30N8O2. The summed E-state index contributed by atoms with van der Waals surface area (Å²) in [5, 5.41) is 7.47. The fraction of sp³-hybridized carbons (Fsp3) is 0.0833. The first kappa shape index (κ1) is 28.5. The van der Waals surface area contributed by atoms with Crippen LogP contribution in [0.25, 0.3) is 45.2 Å². The largest absolute Gasteiger partial charge is 0.481 e. The summed E-state index contributed by atoms with van der Waals surface area (Å²) in [6.07, 6.45) is 1.66. The molecule has 7 rings (SSSR count). The van der Waals surface area contributed by atoms with Gasteiger partial charge in [-0.1, -0.05) is 42.5 Å². The highest BCUT2D eigenvalue weighted by atomic mass is 16.5. The number of rotatable bonds is 8. The minimum Gasteiger partial charge on any atom is -0.481 e. The van der Waals surface area contributed by atoms with Crippen LogP contribution in [0.5, 0.6) is 5.88 Å². The van der Waals surface area contributed by atoms with Crippen LogP contribution in [0.1, 0.15) is 21.6 Å². The van der Waals surface area contributed by atoms with E-state index in [9.17, 15) is 4.79 Å². The summed E-state index contributed by atoms with van der Waals surface area (Å²) >= 11 is 0. The summed E-state index contributed by atoms with van der Waals surface area (Å²) in [5.41, 5.74) is 14.3. The molecule has 0 fully saturated rings. The highest BCUT2D eigenvalue weighted by Crippen LogP contribution is 2.32. The Kier molecular flexibility index (Phi) is 7.43. The summed E-state index contributed by atoms with van der Waals surface area (Å²) < 4.78 is 9.10. The first-order valence-electron chi connectivity index (χ1n) is 14.7. The van der Waals surface area contributed by atoms with Crippen LogP contribution in [0.15, 0.2) is 115 Å². The molecule has 0 bridgehead atoms. The lowest BCUT2D eigenvalue weighted by Gasteiger charge is -2.12. The van der Waals surface area contributed by atoms with Crippen molar-refractivity contribution in [2.45, 2.75) is 13.5 Å². The maximum absolute atomic E-state index is 13.0. The number of amides is 1. The number of imidazole rings is 1. The first-order valence-corrected chi connectivity index (χ1v) is 14.7. The molecule has 0 radical (unpaired) electrons. The van der Waals surface area contributed by atoms with E-state index >= 15 is 0 Å². The quantitative estimate of drug-likeness (QED) is 0.212. The van der Waals surface area contributed by atoms with E-state index in [-0.39, 0.29) is 5.91 Å². The van der Waals surface area contributed by atoms with Crippen molar-refractivity contribution in [3.05, 3.63) is 132 Å². The molecule has 0 aliphatic rings. The standard InChI is InChI=1S/C36H30N8O2/c1-23-21-32(46-2)44(42-23)28-16-12-26(13-17-28)36(45)39-22-24-10-14-27(15-11-24)43-34(29-9-6-20-38-33(29)37)41-31-19-18-30(40-35(31)43)25-7-4-3-5-8-25/h3-21H,22H2,1-2H3,(H2,37,38)(H,39,45). The molecule has 10 nitrogen and oxygen atoms in total. The molecule has 0 spiro atoms. The summed E-state index contributed by atoms with van der Waals surface area (Å²) in [7, 11) is 1.60. The third-order valence-electron chi connectivity index (χ3n) is 7.68. The Hall–Kier alpha value is -6.29. The van der Waals surface area contributed by atoms with Gasteiger partial charge in [0.15, 0.2) is 11.5 Å². The number of aryl methyl sites for hydroxylation is 1. The molecule has 0 atom stereocenters. The van der Waals surface area contributed by atoms with Crippen LogP contribution in [0, 0.1) is 6.92 Å². The number of ether oxygens (including phenoxy) is 1. The second-order valence-corrected chi connectivity index (χ2v) is 10.7. The Morgan fingerprint density at radius 1 is 0.870 bits per heavy atom. The Balaban J connectivity index is 1.15. The summed E-state index contributed by atoms with van der Waals surface area (Å²) in [4.78, 5) is 27.2. The van der Waals surface area contributed by atoms with Crippen LogP contribution < -0.4 is 15.8 Å². The maximum atomic E-state index is 13.0. The van der Waals surface area contributed by atoms with E-state index in [2.05, 4.69) is 15.4 Å². The van der Waals surface area contributed by atoms with E-state index in [1.165, 1.54) is 0 Å². The van der Waals surface area contributed by atoms with Crippen molar-refractivity contribution in [1.29, 1.82) is 0 Å². The minimum absolute atomic E-state index is 0.174. The van der Waals surface area contributed by atoms with Gasteiger partial charge in [-0.25, -0.2) is 19.6 Å². The second kappa shape index (κ2) is 12.0. The Morgan fingerprint density at radius 2 is 1.63 bits per heavy atom. The molecular weight excluding hydrogens is 576 g/mol. The molecule has 3 aromatic carbocycles. The van der Waals surface area contributed by atoms with Crippen LogP contribution in [0.2, 0.25) is 0 Å². The number of nitrogen functional groups attached to an aromatic ring is 1. The number of carbonyl (C=O) groups excluding carboxylic acids is 1. The number of hydrogen-bond donors (Lipinski definition) is 2. The fourth-order valence-corrected chi connectivity index (χ4v) is 5.37. The van der Waals surface area contributed by atoms with Gasteiger partial charge < -0.3 is 15.8 Å². The van der Waals surface area contributed by atoms with Crippen LogP contribution in [-0.4, -0.2) is 42.3 Å². The summed E-state index contributed by atoms with van der Waals surface area (Å²) in [6.45, 7) is 2.26. The van der Waals surface area contributed by atoms with E-state index in [0.29, 0.717) is 40.8 Å². The fourth-order valence-electron chi connectivity index (χ4n) is 5.37. The number of nitrogens with one attached hydrogen (secondary N) is 1. The van der Waals surface area contributed by atoms with Crippen molar-refractivity contribution in [1.82, 2.24) is 34.6 Å². The van der Waals surface area contributed by atoms with Gasteiger partial charge in [-0.05, 0) is 73.2 Å². The van der Waals surface area contributed by atoms with Crippen molar-refractivity contribution in [2.24, 2.45) is 0 Å². The smallest absolute Gasteiger partial charge is 0.251 e. The average Bonchev–Trinajstić information content (AvgIpc) is 3.68. The van der Waals surface area contributed by atoms with Gasteiger partial charge in [0, 0.05) is 35.6 Å². The molecule has 4 heterocycles. The van der Waals surface area contributed by atoms with Crippen LogP contribution in [0.3, 0.4) is 0 Å². The van der Waals surface area contributed by atoms with Crippen molar-refractivity contribution in [3.8, 4) is 39.9 Å². The molecule has 3 N–H and O–H groups in total. The van der Waals surface area contributed by atoms with Crippen molar-refractivity contribution in [3.63, 3.8) is 0 Å². The van der Waals surface area contributed by atoms with Crippen molar-refractivity contribution < 1.29 is 9.53 Å². The topological polar surface area (TPSA) is 126 Å². The molecule has 0 aliphatic carbocycles. The molecule has 46 heavy (non-hydrogen) atoms. The van der Waals surface area contributed by atoms with Crippen molar-refractivity contribution >= 4 is 22.9 Å². The van der Waals surface area contributed by atoms with E-state index in [1.54, 1.807) is 30.1 Å². The number of hydrogen-bond acceptors (Lipinski definition) is 7. The second-order valence-electron chi connectivity index (χ2n) is 10.7. The highest BCUT2D eigenvalue weighted by Gasteiger charge is 2.19. The molecule has 10 heteroatoms. The zero-order chi connectivity index (χ0) is 31.6. The van der Waals surface area contributed by atoms with Crippen LogP contribution >= 0.6 is 0 Å². The summed E-state index contributed by atoms with van der Waals surface area (Å²) in [5.74, 6) is 1.48. The number of nitrogens with two attached hydrogens (primary N) is 1. The van der Waals surface area contributed by atoms with Gasteiger partial charge >= 0.3 is 0 Å². The van der Waals surface area contributed by atoms with E-state index < -0.39 is 0 Å². The SMILES string of the molecule is COc1cc(C)nn1-c1ccc(C(=O)NCc2ccc(-n3c(-c4cccnc4N)nc4ccc(-c5ccccc5)nc43)cc2)cc1. The Bertz CT molecular complexity index is 2170. The van der Waals surface area contributed by atoms with Gasteiger partial charge in [0.25, 0.3) is 5.91 Å². The molecule has 4 aromatic heterocycles. The van der Waals surface area contributed by atoms with Crippen LogP contribution in [-0.2, 0) is 6.54 Å². The number of carbonyl (C=O) groups is 1. The average molecular weight is 607 g/mol. The third kappa shape index (κ3) is 5.43. The lowest BCUT2D eigenvalue weighted by atomic mass is 10.1. The number of nitrogens with zero attached hydrogens (tertiary/aromatic N) is 6. The van der Waals surface area contributed by atoms with Gasteiger partial charge in [-0.2, -0.15) is 5.10 Å². The zero-order valence-electron chi connectivity index (χ0n) is 25.3. The third-order valence-corrected chi connectivity index (χ3v) is 7.68. The van der Waals surface area contributed by atoms with E-state index in [1.807, 2.05) is 109 Å². The van der Waals surface area contributed by atoms with Gasteiger partial charge in [-0.3, -0.25) is 9.36 Å². The first-order chi connectivity index (χ1) is 22.5. The number of methoxy groups -OCH3 is 1. The lowest BCUT2D eigenvalue weighted by molar-refractivity contribution is 0.0951. The van der Waals surface area contributed by atoms with Gasteiger partial charge in [0.2, 0.25) is 5.88 Å². The maximum Gasteiger partial charge on any atom is 0.251 e. The summed E-state index contributed by atoms with van der Waals surface area (Å²) in [6, 6.07) is 34.8. The number of fused-ring (bicyclic) bond motifs is 1. The molecule has 7 aromatic rings. The molecule has 0 saturated carbocycles. The molecule has 0 saturated heterocycles. The Morgan fingerprint density at radius 3 is 2.37 bits per heavy atom. The number of aromatic nitrogens is 6. The minimum atomic E-state index is -0.174. The molecule has 0 aliphatic heterocycles. The normalized spacial score (nSPS) is 11.1. The molecule has 1 amide bonds. The lowest BCUT2D eigenvalue weighted by Crippen LogP contribution is -2.22. The number of pyridine rings is 2. The monoisotopic (exact) mass is 606 g/mol. The molecule has 0 unspecified atom stereocenters. The van der Waals surface area contributed by atoms with Gasteiger partial charge in [0.1, 0.15) is 11.3 Å². The highest BCUT2D eigenvalue weighted by molar-refractivity contribution is 5.94. The van der Waals surface area contributed by atoms with E-state index in [0.717, 1.165) is 39.4 Å². The Labute approximate surface area is 265 Å². The van der Waals surface area contributed by atoms with Gasteiger partial charge in [0.05, 0.1) is 29.7 Å². The predicted molar refractivity (Wildman–Crippen MR) is 178 cm³/mol.